The zero-order chi connectivity index (χ0) is 32.3. The largest absolute Gasteiger partial charge is 0.573 e. The fraction of sp³-hybridized carbons (Fsp3) is 0.258. The van der Waals surface area contributed by atoms with Crippen molar-refractivity contribution in [2.45, 2.75) is 45.6 Å². The Balaban J connectivity index is 1.20. The number of nitrogens with zero attached hydrogens (tertiary/aromatic N) is 5. The van der Waals surface area contributed by atoms with Crippen LogP contribution in [0.25, 0.3) is 17.1 Å². The van der Waals surface area contributed by atoms with Crippen LogP contribution in [0.1, 0.15) is 36.5 Å². The molecule has 1 unspecified atom stereocenters. The van der Waals surface area contributed by atoms with Gasteiger partial charge in [-0.2, -0.15) is 4.99 Å². The highest BCUT2D eigenvalue weighted by atomic mass is 32.2. The molecule has 2 heterocycles. The third kappa shape index (κ3) is 7.88. The molecule has 1 aromatic heterocycles. The minimum atomic E-state index is -4.77. The highest BCUT2D eigenvalue weighted by Gasteiger charge is 2.33. The van der Waals surface area contributed by atoms with Gasteiger partial charge >= 0.3 is 12.4 Å². The summed E-state index contributed by atoms with van der Waals surface area (Å²) in [7, 11) is 0. The van der Waals surface area contributed by atoms with Gasteiger partial charge in [0.15, 0.2) is 11.0 Å². The molecule has 0 bridgehead atoms. The highest BCUT2D eigenvalue weighted by Crippen LogP contribution is 2.34. The zero-order valence-electron chi connectivity index (χ0n) is 24.6. The van der Waals surface area contributed by atoms with Gasteiger partial charge in [0, 0.05) is 12.0 Å². The molecule has 45 heavy (non-hydrogen) atoms. The normalized spacial score (nSPS) is 15.2. The Labute approximate surface area is 261 Å². The molecule has 14 heteroatoms. The molecule has 1 atom stereocenters. The Kier molecular flexibility index (Phi) is 9.25. The van der Waals surface area contributed by atoms with Crippen molar-refractivity contribution in [3.63, 3.8) is 0 Å². The third-order valence-electron chi connectivity index (χ3n) is 6.81. The van der Waals surface area contributed by atoms with Crippen LogP contribution in [-0.4, -0.2) is 50.2 Å². The van der Waals surface area contributed by atoms with E-state index in [0.717, 1.165) is 22.4 Å². The molecule has 5 rings (SSSR count). The predicted molar refractivity (Wildman–Crippen MR) is 166 cm³/mol. The fourth-order valence-corrected chi connectivity index (χ4v) is 5.57. The smallest absolute Gasteiger partial charge is 0.406 e. The molecule has 3 N–H and O–H groups in total. The van der Waals surface area contributed by atoms with Crippen molar-refractivity contribution in [1.82, 2.24) is 20.1 Å². The van der Waals surface area contributed by atoms with Gasteiger partial charge in [0.25, 0.3) is 0 Å². The van der Waals surface area contributed by atoms with Crippen molar-refractivity contribution in [2.75, 3.05) is 10.7 Å². The molecule has 3 amide bonds. The number of benzene rings is 3. The number of aromatic nitrogens is 3. The standard InChI is InChI=1S/C31H30F3N7O3S/c1-18(2)24-13-4-19(3)14-25(24)41-27(42)16-45-30(41)38-29(43)37-26(35)15-20-5-7-21(8-6-20)28-36-17-40(39-28)22-9-11-23(12-10-22)44-31(32,33)34/h4-14,17-18,26H,15-16,35H2,1-3H3,(H,37,43)/b38-30-. The number of nitrogens with two attached hydrogens (primary N) is 1. The first kappa shape index (κ1) is 31.7. The maximum Gasteiger partial charge on any atom is 0.573 e. The van der Waals surface area contributed by atoms with E-state index >= 15 is 0 Å². The number of amides is 3. The summed E-state index contributed by atoms with van der Waals surface area (Å²) in [5.41, 5.74) is 11.0. The van der Waals surface area contributed by atoms with E-state index in [1.165, 1.54) is 51.9 Å². The predicted octanol–water partition coefficient (Wildman–Crippen LogP) is 5.94. The summed E-state index contributed by atoms with van der Waals surface area (Å²) in [6.45, 7) is 6.04. The Morgan fingerprint density at radius 1 is 1.11 bits per heavy atom. The van der Waals surface area contributed by atoms with Gasteiger partial charge in [-0.25, -0.2) is 14.5 Å². The maximum absolute atomic E-state index is 12.8. The minimum Gasteiger partial charge on any atom is -0.406 e. The van der Waals surface area contributed by atoms with Crippen molar-refractivity contribution in [3.8, 4) is 22.8 Å². The molecule has 0 spiro atoms. The molecule has 1 saturated heterocycles. The monoisotopic (exact) mass is 637 g/mol. The Hall–Kier alpha value is -4.69. The van der Waals surface area contributed by atoms with Gasteiger partial charge in [-0.3, -0.25) is 9.69 Å². The lowest BCUT2D eigenvalue weighted by atomic mass is 9.99. The Morgan fingerprint density at radius 3 is 2.49 bits per heavy atom. The summed E-state index contributed by atoms with van der Waals surface area (Å²) in [5.74, 6) is 0.291. The second kappa shape index (κ2) is 13.1. The van der Waals surface area contributed by atoms with Gasteiger partial charge in [0.05, 0.1) is 23.3 Å². The average Bonchev–Trinajstić information content (AvgIpc) is 3.60. The first-order valence-corrected chi connectivity index (χ1v) is 14.9. The molecule has 1 aliphatic heterocycles. The molecular weight excluding hydrogens is 607 g/mol. The number of hydrogen-bond acceptors (Lipinski definition) is 7. The fourth-order valence-electron chi connectivity index (χ4n) is 4.71. The minimum absolute atomic E-state index is 0.142. The summed E-state index contributed by atoms with van der Waals surface area (Å²) >= 11 is 1.21. The van der Waals surface area contributed by atoms with Crippen LogP contribution in [0.4, 0.5) is 23.7 Å². The van der Waals surface area contributed by atoms with Crippen LogP contribution in [0.3, 0.4) is 0 Å². The highest BCUT2D eigenvalue weighted by molar-refractivity contribution is 8.15. The number of aliphatic imine (C=N–C) groups is 1. The summed E-state index contributed by atoms with van der Waals surface area (Å²) in [5, 5.41) is 7.38. The maximum atomic E-state index is 12.8. The van der Waals surface area contributed by atoms with Gasteiger partial charge in [-0.05, 0) is 59.9 Å². The molecule has 3 aromatic carbocycles. The van der Waals surface area contributed by atoms with E-state index in [9.17, 15) is 22.8 Å². The second-order valence-corrected chi connectivity index (χ2v) is 11.6. The van der Waals surface area contributed by atoms with E-state index in [1.54, 1.807) is 12.1 Å². The zero-order valence-corrected chi connectivity index (χ0v) is 25.4. The van der Waals surface area contributed by atoms with E-state index < -0.39 is 18.6 Å². The number of nitrogens with one attached hydrogen (secondary N) is 1. The number of thioether (sulfide) groups is 1. The number of anilines is 1. The van der Waals surface area contributed by atoms with Crippen LogP contribution >= 0.6 is 11.8 Å². The molecule has 0 radical (unpaired) electrons. The summed E-state index contributed by atoms with van der Waals surface area (Å²) in [6, 6.07) is 17.8. The van der Waals surface area contributed by atoms with E-state index in [4.69, 9.17) is 5.73 Å². The average molecular weight is 638 g/mol. The van der Waals surface area contributed by atoms with Crippen LogP contribution in [0.15, 0.2) is 78.0 Å². The lowest BCUT2D eigenvalue weighted by Gasteiger charge is -2.22. The van der Waals surface area contributed by atoms with Crippen LogP contribution < -0.4 is 20.7 Å². The number of aryl methyl sites for hydroxylation is 1. The topological polar surface area (TPSA) is 128 Å². The van der Waals surface area contributed by atoms with Crippen LogP contribution in [0, 0.1) is 6.92 Å². The number of amidine groups is 1. The van der Waals surface area contributed by atoms with Gasteiger partial charge in [0.1, 0.15) is 12.1 Å². The number of alkyl halides is 3. The van der Waals surface area contributed by atoms with Crippen molar-refractivity contribution in [2.24, 2.45) is 10.7 Å². The number of rotatable bonds is 8. The van der Waals surface area contributed by atoms with Crippen LogP contribution in [0.2, 0.25) is 0 Å². The van der Waals surface area contributed by atoms with E-state index in [2.05, 4.69) is 25.1 Å². The van der Waals surface area contributed by atoms with Gasteiger partial charge in [-0.1, -0.05) is 62.0 Å². The van der Waals surface area contributed by atoms with Gasteiger partial charge < -0.3 is 15.8 Å². The summed E-state index contributed by atoms with van der Waals surface area (Å²) in [4.78, 5) is 35.6. The number of carbonyl (C=O) groups excluding carboxylic acids is 2. The molecule has 1 aliphatic rings. The number of hydrogen-bond donors (Lipinski definition) is 2. The quantitative estimate of drug-likeness (QED) is 0.229. The van der Waals surface area contributed by atoms with Crippen molar-refractivity contribution in [3.05, 3.63) is 89.7 Å². The van der Waals surface area contributed by atoms with E-state index in [1.807, 2.05) is 51.1 Å². The number of ether oxygens (including phenoxy) is 1. The molecule has 1 fully saturated rings. The van der Waals surface area contributed by atoms with Crippen molar-refractivity contribution >= 4 is 34.6 Å². The molecule has 4 aromatic rings. The Bertz CT molecular complexity index is 1720. The molecule has 10 nitrogen and oxygen atoms in total. The number of urea groups is 1. The number of carbonyl (C=O) groups is 2. The van der Waals surface area contributed by atoms with E-state index in [0.29, 0.717) is 28.7 Å². The molecule has 0 aliphatic carbocycles. The van der Waals surface area contributed by atoms with Gasteiger partial charge in [-0.15, -0.1) is 18.3 Å². The first-order chi connectivity index (χ1) is 21.4. The first-order valence-electron chi connectivity index (χ1n) is 13.9. The number of halogens is 3. The summed E-state index contributed by atoms with van der Waals surface area (Å²) in [6.07, 6.45) is -3.74. The van der Waals surface area contributed by atoms with Crippen molar-refractivity contribution < 1.29 is 27.5 Å². The second-order valence-electron chi connectivity index (χ2n) is 10.6. The summed E-state index contributed by atoms with van der Waals surface area (Å²) < 4.78 is 42.6. The van der Waals surface area contributed by atoms with E-state index in [-0.39, 0.29) is 23.3 Å². The SMILES string of the molecule is Cc1ccc(C(C)C)c(N2C(=O)CS/C2=N\C(=O)NC(N)Cc2ccc(-c3ncn(-c4ccc(OC(F)(F)F)cc4)n3)cc2)c1. The molecular formula is C31H30F3N7O3S. The molecule has 0 saturated carbocycles. The van der Waals surface area contributed by atoms with Gasteiger partial charge in [0.2, 0.25) is 5.91 Å². The van der Waals surface area contributed by atoms with Crippen LogP contribution in [-0.2, 0) is 11.2 Å². The lowest BCUT2D eigenvalue weighted by Crippen LogP contribution is -2.42. The van der Waals surface area contributed by atoms with Crippen LogP contribution in [0.5, 0.6) is 5.75 Å². The third-order valence-corrected chi connectivity index (χ3v) is 7.74. The van der Waals surface area contributed by atoms with Crippen molar-refractivity contribution in [1.29, 1.82) is 0 Å². The molecule has 234 valence electrons. The Morgan fingerprint density at radius 2 is 1.82 bits per heavy atom. The lowest BCUT2D eigenvalue weighted by molar-refractivity contribution is -0.274.